The number of nitrogens with zero attached hydrogens (tertiary/aromatic N) is 1. The molecule has 6 heteroatoms. The predicted molar refractivity (Wildman–Crippen MR) is 81.9 cm³/mol. The van der Waals surface area contributed by atoms with Gasteiger partial charge in [-0.15, -0.1) is 0 Å². The van der Waals surface area contributed by atoms with Gasteiger partial charge in [0.25, 0.3) is 0 Å². The van der Waals surface area contributed by atoms with Crippen molar-refractivity contribution in [2.24, 2.45) is 5.92 Å². The Balaban J connectivity index is 1.94. The lowest BCUT2D eigenvalue weighted by atomic mass is 10.1. The van der Waals surface area contributed by atoms with E-state index in [9.17, 15) is 13.2 Å². The third kappa shape index (κ3) is 4.62. The highest BCUT2D eigenvalue weighted by molar-refractivity contribution is 7.89. The van der Waals surface area contributed by atoms with Crippen LogP contribution in [0.25, 0.3) is 0 Å². The highest BCUT2D eigenvalue weighted by atomic mass is 32.2. The van der Waals surface area contributed by atoms with E-state index >= 15 is 0 Å². The van der Waals surface area contributed by atoms with Crippen LogP contribution in [-0.4, -0.2) is 46.3 Å². The molecule has 0 bridgehead atoms. The van der Waals surface area contributed by atoms with Crippen LogP contribution in [0.2, 0.25) is 0 Å². The van der Waals surface area contributed by atoms with Crippen molar-refractivity contribution >= 4 is 15.8 Å². The van der Waals surface area contributed by atoms with Crippen LogP contribution in [0.5, 0.6) is 0 Å². The molecule has 0 unspecified atom stereocenters. The van der Waals surface area contributed by atoms with Crippen molar-refractivity contribution in [1.82, 2.24) is 9.62 Å². The van der Waals surface area contributed by atoms with E-state index in [1.165, 1.54) is 12.1 Å². The highest BCUT2D eigenvalue weighted by Gasteiger charge is 2.30. The van der Waals surface area contributed by atoms with Crippen LogP contribution >= 0.6 is 0 Å². The molecular weight excluding hydrogens is 288 g/mol. The third-order valence-corrected chi connectivity index (χ3v) is 4.95. The quantitative estimate of drug-likeness (QED) is 0.584. The summed E-state index contributed by atoms with van der Waals surface area (Å²) in [6.45, 7) is 1.24. The molecule has 2 rings (SSSR count). The van der Waals surface area contributed by atoms with E-state index in [0.29, 0.717) is 12.1 Å². The predicted octanol–water partition coefficient (Wildman–Crippen LogP) is 1.51. The Hall–Kier alpha value is -1.24. The molecule has 0 amide bonds. The summed E-state index contributed by atoms with van der Waals surface area (Å²) in [7, 11) is 0.412. The number of rotatable bonds is 8. The van der Waals surface area contributed by atoms with Crippen LogP contribution in [0.3, 0.4) is 0 Å². The maximum atomic E-state index is 12.1. The maximum absolute atomic E-state index is 12.1. The Morgan fingerprint density at radius 2 is 1.86 bits per heavy atom. The molecule has 0 saturated heterocycles. The summed E-state index contributed by atoms with van der Waals surface area (Å²) in [4.78, 5) is 14.1. The van der Waals surface area contributed by atoms with Crippen molar-refractivity contribution in [2.75, 3.05) is 27.2 Å². The van der Waals surface area contributed by atoms with Gasteiger partial charge in [0.05, 0.1) is 4.90 Å². The monoisotopic (exact) mass is 310 g/mol. The fourth-order valence-corrected chi connectivity index (χ4v) is 3.14. The molecule has 0 atom stereocenters. The van der Waals surface area contributed by atoms with Gasteiger partial charge >= 0.3 is 0 Å². The molecule has 116 valence electrons. The lowest BCUT2D eigenvalue weighted by Gasteiger charge is -2.10. The van der Waals surface area contributed by atoms with Crippen LogP contribution in [0.1, 0.15) is 29.6 Å². The summed E-state index contributed by atoms with van der Waals surface area (Å²) in [5.41, 5.74) is 0.601. The summed E-state index contributed by atoms with van der Waals surface area (Å²) in [5.74, 6) is 0.273. The van der Waals surface area contributed by atoms with Gasteiger partial charge in [0, 0.05) is 18.0 Å². The first-order valence-electron chi connectivity index (χ1n) is 7.19. The average Bonchev–Trinajstić information content (AvgIpc) is 3.27. The smallest absolute Gasteiger partial charge is 0.240 e. The molecule has 1 aromatic carbocycles. The Kier molecular flexibility index (Phi) is 5.13. The van der Waals surface area contributed by atoms with Gasteiger partial charge in [-0.2, -0.15) is 0 Å². The Morgan fingerprint density at radius 1 is 1.24 bits per heavy atom. The van der Waals surface area contributed by atoms with E-state index in [4.69, 9.17) is 0 Å². The number of benzene rings is 1. The van der Waals surface area contributed by atoms with Gasteiger partial charge in [-0.25, -0.2) is 13.1 Å². The summed E-state index contributed by atoms with van der Waals surface area (Å²) in [5, 5.41) is 0. The zero-order valence-electron chi connectivity index (χ0n) is 12.5. The van der Waals surface area contributed by atoms with Crippen LogP contribution in [0, 0.1) is 5.92 Å². The van der Waals surface area contributed by atoms with Crippen LogP contribution in [-0.2, 0) is 10.0 Å². The fraction of sp³-hybridized carbons (Fsp3) is 0.533. The molecule has 21 heavy (non-hydrogen) atoms. The minimum absolute atomic E-state index is 0.123. The van der Waals surface area contributed by atoms with Crippen LogP contribution in [0.4, 0.5) is 0 Å². The normalized spacial score (nSPS) is 15.4. The number of carbonyl (C=O) groups excluding carboxylic acids is 1. The second-order valence-electron chi connectivity index (χ2n) is 5.72. The Labute approximate surface area is 126 Å². The second-order valence-corrected chi connectivity index (χ2v) is 7.48. The first-order valence-corrected chi connectivity index (χ1v) is 8.67. The summed E-state index contributed by atoms with van der Waals surface area (Å²) < 4.78 is 26.8. The largest absolute Gasteiger partial charge is 0.309 e. The topological polar surface area (TPSA) is 66.5 Å². The van der Waals surface area contributed by atoms with Gasteiger partial charge in [-0.3, -0.25) is 4.79 Å². The Bertz CT molecular complexity index is 590. The van der Waals surface area contributed by atoms with Gasteiger partial charge in [0.2, 0.25) is 10.0 Å². The van der Waals surface area contributed by atoms with E-state index in [1.807, 2.05) is 19.0 Å². The van der Waals surface area contributed by atoms with Crippen molar-refractivity contribution in [3.8, 4) is 0 Å². The number of carbonyl (C=O) groups is 1. The number of hydrogen-bond acceptors (Lipinski definition) is 4. The SMILES string of the molecule is CN(C)CCCNS(=O)(=O)c1ccc(C(=O)C2CC2)cc1. The van der Waals surface area contributed by atoms with Crippen molar-refractivity contribution in [3.63, 3.8) is 0 Å². The number of ketones is 1. The lowest BCUT2D eigenvalue weighted by molar-refractivity contribution is 0.0967. The highest BCUT2D eigenvalue weighted by Crippen LogP contribution is 2.32. The van der Waals surface area contributed by atoms with E-state index in [1.54, 1.807) is 12.1 Å². The lowest BCUT2D eigenvalue weighted by Crippen LogP contribution is -2.27. The van der Waals surface area contributed by atoms with Gasteiger partial charge in [0.1, 0.15) is 0 Å². The van der Waals surface area contributed by atoms with Gasteiger partial charge < -0.3 is 4.90 Å². The third-order valence-electron chi connectivity index (χ3n) is 3.47. The Morgan fingerprint density at radius 3 is 2.38 bits per heavy atom. The summed E-state index contributed by atoms with van der Waals surface area (Å²) in [6, 6.07) is 6.22. The van der Waals surface area contributed by atoms with Crippen molar-refractivity contribution < 1.29 is 13.2 Å². The van der Waals surface area contributed by atoms with E-state index in [2.05, 4.69) is 4.72 Å². The summed E-state index contributed by atoms with van der Waals surface area (Å²) in [6.07, 6.45) is 2.66. The van der Waals surface area contributed by atoms with Gasteiger partial charge in [0.15, 0.2) is 5.78 Å². The average molecular weight is 310 g/mol. The molecule has 1 N–H and O–H groups in total. The van der Waals surface area contributed by atoms with E-state index < -0.39 is 10.0 Å². The molecule has 0 spiro atoms. The molecule has 1 aromatic rings. The molecule has 1 aliphatic rings. The van der Waals surface area contributed by atoms with Crippen LogP contribution < -0.4 is 4.72 Å². The second kappa shape index (κ2) is 6.68. The molecule has 0 radical (unpaired) electrons. The maximum Gasteiger partial charge on any atom is 0.240 e. The van der Waals surface area contributed by atoms with Crippen molar-refractivity contribution in [2.45, 2.75) is 24.2 Å². The molecule has 1 aliphatic carbocycles. The van der Waals surface area contributed by atoms with E-state index in [0.717, 1.165) is 25.8 Å². The zero-order chi connectivity index (χ0) is 15.5. The number of sulfonamides is 1. The number of Topliss-reactive ketones (excluding diaryl/α,β-unsaturated/α-hetero) is 1. The molecule has 5 nitrogen and oxygen atoms in total. The number of nitrogens with one attached hydrogen (secondary N) is 1. The summed E-state index contributed by atoms with van der Waals surface area (Å²) >= 11 is 0. The van der Waals surface area contributed by atoms with Gasteiger partial charge in [-0.1, -0.05) is 12.1 Å². The standard InChI is InChI=1S/C15H22N2O3S/c1-17(2)11-3-10-16-21(19,20)14-8-6-13(7-9-14)15(18)12-4-5-12/h6-9,12,16H,3-5,10-11H2,1-2H3. The molecule has 1 fully saturated rings. The van der Waals surface area contributed by atoms with Crippen LogP contribution in [0.15, 0.2) is 29.2 Å². The molecule has 0 heterocycles. The van der Waals surface area contributed by atoms with Crippen molar-refractivity contribution in [1.29, 1.82) is 0 Å². The first-order chi connectivity index (χ1) is 9.90. The van der Waals surface area contributed by atoms with Gasteiger partial charge in [-0.05, 0) is 52.0 Å². The van der Waals surface area contributed by atoms with Crippen molar-refractivity contribution in [3.05, 3.63) is 29.8 Å². The molecular formula is C15H22N2O3S. The number of hydrogen-bond donors (Lipinski definition) is 1. The first kappa shape index (κ1) is 16.1. The minimum atomic E-state index is -3.49. The fourth-order valence-electron chi connectivity index (χ4n) is 2.06. The molecule has 0 aromatic heterocycles. The van der Waals surface area contributed by atoms with E-state index in [-0.39, 0.29) is 16.6 Å². The zero-order valence-corrected chi connectivity index (χ0v) is 13.3. The minimum Gasteiger partial charge on any atom is -0.309 e. The molecule has 0 aliphatic heterocycles. The molecule has 1 saturated carbocycles.